The maximum Gasteiger partial charge on any atom is 0.230 e. The van der Waals surface area contributed by atoms with E-state index >= 15 is 0 Å². The number of hydrogen-bond donors (Lipinski definition) is 2. The van der Waals surface area contributed by atoms with Crippen LogP contribution in [0.25, 0.3) is 21.3 Å². The van der Waals surface area contributed by atoms with E-state index in [1.54, 1.807) is 6.20 Å². The number of hydrogen-bond acceptors (Lipinski definition) is 12. The van der Waals surface area contributed by atoms with Gasteiger partial charge in [0.25, 0.3) is 0 Å². The van der Waals surface area contributed by atoms with Crippen molar-refractivity contribution in [3.05, 3.63) is 45.9 Å². The Bertz CT molecular complexity index is 1630. The van der Waals surface area contributed by atoms with E-state index in [-0.39, 0.29) is 43.2 Å². The molecule has 0 spiro atoms. The van der Waals surface area contributed by atoms with E-state index in [1.165, 1.54) is 16.2 Å². The predicted molar refractivity (Wildman–Crippen MR) is 204 cm³/mol. The first-order valence-electron chi connectivity index (χ1n) is 18.5. The average molecular weight is 774 g/mol. The van der Waals surface area contributed by atoms with Crippen LogP contribution in [0.2, 0.25) is 5.02 Å². The molecule has 2 aliphatic heterocycles. The van der Waals surface area contributed by atoms with Gasteiger partial charge < -0.3 is 39.6 Å². The van der Waals surface area contributed by atoms with Gasteiger partial charge in [-0.2, -0.15) is 0 Å². The minimum absolute atomic E-state index is 0.0144. The SMILES string of the molecule is Cc1cc(Cl)cc(-c2ccnc3cc(CN4C(=O)CCC4=O)sc23)c1OC1CCN(CCCNC(=O)CCOCCOCCOCCOCCN)CC1. The number of fused-ring (bicyclic) bond motifs is 1. The van der Waals surface area contributed by atoms with Crippen molar-refractivity contribution in [3.63, 3.8) is 0 Å². The second-order valence-electron chi connectivity index (χ2n) is 13.1. The number of nitrogens with one attached hydrogen (secondary N) is 1. The second-order valence-corrected chi connectivity index (χ2v) is 14.7. The van der Waals surface area contributed by atoms with E-state index in [1.807, 2.05) is 31.2 Å². The number of imide groups is 1. The monoisotopic (exact) mass is 773 g/mol. The third kappa shape index (κ3) is 12.7. The Kier molecular flexibility index (Phi) is 16.7. The lowest BCUT2D eigenvalue weighted by molar-refractivity contribution is -0.139. The fourth-order valence-electron chi connectivity index (χ4n) is 6.37. The molecule has 0 saturated carbocycles. The fraction of sp³-hybridized carbons (Fsp3) is 0.579. The first-order chi connectivity index (χ1) is 25.8. The summed E-state index contributed by atoms with van der Waals surface area (Å²) in [5.74, 6) is 0.537. The number of thiophene rings is 1. The Labute approximate surface area is 320 Å². The molecule has 3 amide bonds. The number of pyridine rings is 1. The van der Waals surface area contributed by atoms with Gasteiger partial charge in [0, 0.05) is 72.7 Å². The Balaban J connectivity index is 0.998. The highest BCUT2D eigenvalue weighted by atomic mass is 35.5. The van der Waals surface area contributed by atoms with Crippen LogP contribution < -0.4 is 15.8 Å². The van der Waals surface area contributed by atoms with Crippen molar-refractivity contribution < 1.29 is 38.1 Å². The van der Waals surface area contributed by atoms with Gasteiger partial charge >= 0.3 is 0 Å². The maximum atomic E-state index is 12.2. The normalized spacial score (nSPS) is 15.6. The van der Waals surface area contributed by atoms with Gasteiger partial charge in [-0.1, -0.05) is 11.6 Å². The van der Waals surface area contributed by atoms with Crippen LogP contribution in [-0.4, -0.2) is 124 Å². The van der Waals surface area contributed by atoms with Crippen molar-refractivity contribution >= 4 is 50.9 Å². The summed E-state index contributed by atoms with van der Waals surface area (Å²) < 4.78 is 29.3. The summed E-state index contributed by atoms with van der Waals surface area (Å²) in [6.45, 7) is 9.93. The van der Waals surface area contributed by atoms with Gasteiger partial charge in [-0.3, -0.25) is 24.3 Å². The number of ether oxygens (including phenoxy) is 5. The van der Waals surface area contributed by atoms with Gasteiger partial charge in [-0.25, -0.2) is 0 Å². The molecule has 1 aromatic carbocycles. The number of nitrogens with zero attached hydrogens (tertiary/aromatic N) is 3. The first kappa shape index (κ1) is 41.0. The maximum absolute atomic E-state index is 12.2. The van der Waals surface area contributed by atoms with E-state index in [4.69, 9.17) is 41.0 Å². The number of aromatic nitrogens is 1. The minimum Gasteiger partial charge on any atom is -0.489 e. The number of piperidine rings is 1. The summed E-state index contributed by atoms with van der Waals surface area (Å²) in [5.41, 5.74) is 8.99. The van der Waals surface area contributed by atoms with Crippen LogP contribution in [0.15, 0.2) is 30.5 Å². The molecule has 0 radical (unpaired) electrons. The summed E-state index contributed by atoms with van der Waals surface area (Å²) in [4.78, 5) is 46.0. The second kappa shape index (κ2) is 21.6. The number of carbonyl (C=O) groups is 3. The molecule has 53 heavy (non-hydrogen) atoms. The van der Waals surface area contributed by atoms with Crippen molar-refractivity contribution in [2.24, 2.45) is 5.73 Å². The number of benzene rings is 1. The van der Waals surface area contributed by atoms with Crippen molar-refractivity contribution in [1.82, 2.24) is 20.1 Å². The molecule has 2 saturated heterocycles. The zero-order valence-electron chi connectivity index (χ0n) is 30.6. The highest BCUT2D eigenvalue weighted by molar-refractivity contribution is 7.19. The lowest BCUT2D eigenvalue weighted by Crippen LogP contribution is -2.39. The predicted octanol–water partition coefficient (Wildman–Crippen LogP) is 4.34. The molecule has 0 unspecified atom stereocenters. The molecule has 2 fully saturated rings. The summed E-state index contributed by atoms with van der Waals surface area (Å²) in [6.07, 6.45) is 5.34. The van der Waals surface area contributed by atoms with E-state index in [0.29, 0.717) is 77.4 Å². The lowest BCUT2D eigenvalue weighted by Gasteiger charge is -2.33. The molecule has 15 heteroatoms. The Morgan fingerprint density at radius 1 is 0.943 bits per heavy atom. The number of aryl methyl sites for hydroxylation is 1. The zero-order chi connectivity index (χ0) is 37.4. The van der Waals surface area contributed by atoms with Crippen LogP contribution in [0.5, 0.6) is 5.75 Å². The van der Waals surface area contributed by atoms with Gasteiger partial charge in [0.2, 0.25) is 17.7 Å². The lowest BCUT2D eigenvalue weighted by atomic mass is 10.0. The van der Waals surface area contributed by atoms with Gasteiger partial charge in [0.05, 0.1) is 69.6 Å². The molecule has 13 nitrogen and oxygen atoms in total. The molecule has 2 aromatic heterocycles. The number of halogens is 1. The smallest absolute Gasteiger partial charge is 0.230 e. The largest absolute Gasteiger partial charge is 0.489 e. The summed E-state index contributed by atoms with van der Waals surface area (Å²) >= 11 is 8.13. The first-order valence-corrected chi connectivity index (χ1v) is 19.7. The van der Waals surface area contributed by atoms with Crippen LogP contribution in [0.3, 0.4) is 0 Å². The van der Waals surface area contributed by atoms with Crippen molar-refractivity contribution in [2.75, 3.05) is 85.6 Å². The highest BCUT2D eigenvalue weighted by Gasteiger charge is 2.30. The van der Waals surface area contributed by atoms with Crippen LogP contribution in [0.1, 0.15) is 49.0 Å². The van der Waals surface area contributed by atoms with E-state index in [0.717, 1.165) is 76.4 Å². The Morgan fingerprint density at radius 2 is 1.60 bits per heavy atom. The van der Waals surface area contributed by atoms with Gasteiger partial charge in [0.15, 0.2) is 0 Å². The third-order valence-electron chi connectivity index (χ3n) is 9.11. The van der Waals surface area contributed by atoms with E-state index in [2.05, 4.69) is 15.2 Å². The number of likely N-dealkylation sites (tertiary alicyclic amines) is 2. The van der Waals surface area contributed by atoms with Crippen LogP contribution in [-0.2, 0) is 39.9 Å². The standard InChI is InChI=1S/C38H52ClN5O8S/c1-27-23-28(39)24-32(31-5-11-41-33-25-30(53-38(31)33)26-44-35(46)3-4-36(44)47)37(27)52-29-6-13-43(14-7-29)12-2-10-42-34(45)8-15-48-17-19-50-21-22-51-20-18-49-16-9-40/h5,11,23-25,29H,2-4,6-10,12-22,26,40H2,1H3,(H,42,45). The minimum atomic E-state index is -0.129. The Hall–Kier alpha value is -3.21. The van der Waals surface area contributed by atoms with Crippen LogP contribution >= 0.6 is 22.9 Å². The highest BCUT2D eigenvalue weighted by Crippen LogP contribution is 2.42. The quantitative estimate of drug-likeness (QED) is 0.105. The van der Waals surface area contributed by atoms with Gasteiger partial charge in [0.1, 0.15) is 11.9 Å². The molecule has 3 aromatic rings. The van der Waals surface area contributed by atoms with Gasteiger partial charge in [-0.15, -0.1) is 11.3 Å². The topological polar surface area (TPSA) is 155 Å². The number of rotatable bonds is 23. The summed E-state index contributed by atoms with van der Waals surface area (Å²) in [7, 11) is 0. The number of carbonyl (C=O) groups excluding carboxylic acids is 3. The molecule has 2 aliphatic rings. The van der Waals surface area contributed by atoms with Gasteiger partial charge in [-0.05, 0) is 62.6 Å². The number of nitrogens with two attached hydrogens (primary N) is 1. The van der Waals surface area contributed by atoms with Crippen LogP contribution in [0, 0.1) is 6.92 Å². The molecule has 0 aliphatic carbocycles. The zero-order valence-corrected chi connectivity index (χ0v) is 32.1. The Morgan fingerprint density at radius 3 is 2.28 bits per heavy atom. The van der Waals surface area contributed by atoms with Crippen molar-refractivity contribution in [2.45, 2.75) is 58.1 Å². The van der Waals surface area contributed by atoms with Crippen molar-refractivity contribution in [1.29, 1.82) is 0 Å². The fourth-order valence-corrected chi connectivity index (χ4v) is 7.77. The summed E-state index contributed by atoms with van der Waals surface area (Å²) in [6, 6.07) is 7.80. The molecule has 4 heterocycles. The van der Waals surface area contributed by atoms with Crippen LogP contribution in [0.4, 0.5) is 0 Å². The molecular weight excluding hydrogens is 722 g/mol. The van der Waals surface area contributed by atoms with Crippen molar-refractivity contribution in [3.8, 4) is 16.9 Å². The average Bonchev–Trinajstić information content (AvgIpc) is 3.71. The molecule has 0 bridgehead atoms. The van der Waals surface area contributed by atoms with E-state index in [9.17, 15) is 14.4 Å². The molecule has 290 valence electrons. The van der Waals surface area contributed by atoms with E-state index < -0.39 is 0 Å². The molecule has 3 N–H and O–H groups in total. The third-order valence-corrected chi connectivity index (χ3v) is 10.5. The molecular formula is C38H52ClN5O8S. The molecule has 5 rings (SSSR count). The summed E-state index contributed by atoms with van der Waals surface area (Å²) in [5, 5.41) is 3.62. The number of amides is 3. The molecule has 0 atom stereocenters.